The summed E-state index contributed by atoms with van der Waals surface area (Å²) in [6, 6.07) is 0. The van der Waals surface area contributed by atoms with E-state index in [2.05, 4.69) is 26.8 Å². The SMILES string of the molecule is C[C@H]1[C@H]2C3=CC(=O)CC[C@]3(C)[C@H]3CC[C@@]4(C)[C@@H]([C@@H]5C[C@@H]5[C@@]45CCC(=O)O5)[C@@H]3[C@@H]12. The van der Waals surface area contributed by atoms with Crippen molar-refractivity contribution in [2.45, 2.75) is 71.3 Å². The summed E-state index contributed by atoms with van der Waals surface area (Å²) in [6.07, 6.45) is 9.24. The van der Waals surface area contributed by atoms with Crippen molar-refractivity contribution in [3.63, 3.8) is 0 Å². The van der Waals surface area contributed by atoms with Gasteiger partial charge in [0.2, 0.25) is 0 Å². The number of fused-ring (bicyclic) bond motifs is 12. The third-order valence-corrected chi connectivity index (χ3v) is 11.4. The van der Waals surface area contributed by atoms with E-state index in [0.717, 1.165) is 54.8 Å². The molecule has 150 valence electrons. The molecule has 1 spiro atoms. The third kappa shape index (κ3) is 1.58. The second-order valence-electron chi connectivity index (χ2n) is 12.0. The maximum Gasteiger partial charge on any atom is 0.306 e. The van der Waals surface area contributed by atoms with Gasteiger partial charge in [0.1, 0.15) is 5.60 Å². The van der Waals surface area contributed by atoms with Gasteiger partial charge in [0.05, 0.1) is 0 Å². The maximum absolute atomic E-state index is 12.3. The molecule has 11 atom stereocenters. The number of esters is 1. The van der Waals surface area contributed by atoms with Crippen molar-refractivity contribution in [1.29, 1.82) is 0 Å². The first-order valence-electron chi connectivity index (χ1n) is 11.8. The van der Waals surface area contributed by atoms with Gasteiger partial charge in [-0.15, -0.1) is 0 Å². The number of ketones is 1. The Morgan fingerprint density at radius 2 is 1.86 bits per heavy atom. The molecule has 0 aromatic heterocycles. The van der Waals surface area contributed by atoms with Crippen LogP contribution in [0.1, 0.15) is 65.7 Å². The van der Waals surface area contributed by atoms with Crippen LogP contribution in [0.15, 0.2) is 11.6 Å². The molecule has 0 N–H and O–H groups in total. The number of carbonyl (C=O) groups excluding carboxylic acids is 2. The van der Waals surface area contributed by atoms with Crippen LogP contribution in [0.2, 0.25) is 0 Å². The molecule has 7 rings (SSSR count). The monoisotopic (exact) mass is 380 g/mol. The maximum atomic E-state index is 12.3. The number of hydrogen-bond donors (Lipinski definition) is 0. The number of ether oxygens (including phenoxy) is 1. The summed E-state index contributed by atoms with van der Waals surface area (Å²) < 4.78 is 6.24. The Labute approximate surface area is 167 Å². The van der Waals surface area contributed by atoms with Gasteiger partial charge in [0.15, 0.2) is 5.78 Å². The van der Waals surface area contributed by atoms with Crippen LogP contribution in [0.5, 0.6) is 0 Å². The zero-order chi connectivity index (χ0) is 19.2. The molecule has 1 saturated heterocycles. The number of carbonyl (C=O) groups is 2. The van der Waals surface area contributed by atoms with Crippen LogP contribution in [0.3, 0.4) is 0 Å². The minimum Gasteiger partial charge on any atom is -0.458 e. The third-order valence-electron chi connectivity index (χ3n) is 11.4. The lowest BCUT2D eigenvalue weighted by molar-refractivity contribution is -0.177. The Balaban J connectivity index is 1.35. The Morgan fingerprint density at radius 3 is 2.61 bits per heavy atom. The number of rotatable bonds is 0. The van der Waals surface area contributed by atoms with Crippen molar-refractivity contribution in [2.24, 2.45) is 58.2 Å². The van der Waals surface area contributed by atoms with Crippen molar-refractivity contribution in [1.82, 2.24) is 0 Å². The lowest BCUT2D eigenvalue weighted by Crippen LogP contribution is -2.57. The van der Waals surface area contributed by atoms with E-state index in [0.29, 0.717) is 24.0 Å². The fourth-order valence-corrected chi connectivity index (χ4v) is 10.2. The van der Waals surface area contributed by atoms with Crippen molar-refractivity contribution < 1.29 is 14.3 Å². The van der Waals surface area contributed by atoms with Crippen LogP contribution in [0.25, 0.3) is 0 Å². The Bertz CT molecular complexity index is 858. The highest BCUT2D eigenvalue weighted by Crippen LogP contribution is 2.83. The molecular formula is C25H32O3. The van der Waals surface area contributed by atoms with Gasteiger partial charge in [-0.05, 0) is 85.0 Å². The van der Waals surface area contributed by atoms with E-state index in [4.69, 9.17) is 4.74 Å². The second-order valence-corrected chi connectivity index (χ2v) is 12.0. The van der Waals surface area contributed by atoms with Crippen molar-refractivity contribution in [3.05, 3.63) is 11.6 Å². The van der Waals surface area contributed by atoms with E-state index in [-0.39, 0.29) is 22.4 Å². The molecule has 6 fully saturated rings. The zero-order valence-electron chi connectivity index (χ0n) is 17.4. The van der Waals surface area contributed by atoms with Gasteiger partial charge in [-0.2, -0.15) is 0 Å². The average molecular weight is 381 g/mol. The smallest absolute Gasteiger partial charge is 0.306 e. The molecule has 0 radical (unpaired) electrons. The van der Waals surface area contributed by atoms with E-state index >= 15 is 0 Å². The molecule has 1 heterocycles. The summed E-state index contributed by atoms with van der Waals surface area (Å²) in [7, 11) is 0. The zero-order valence-corrected chi connectivity index (χ0v) is 17.4. The lowest BCUT2D eigenvalue weighted by Gasteiger charge is -2.60. The van der Waals surface area contributed by atoms with Crippen LogP contribution in [0.4, 0.5) is 0 Å². The predicted molar refractivity (Wildman–Crippen MR) is 104 cm³/mol. The molecule has 1 aliphatic heterocycles. The van der Waals surface area contributed by atoms with Crippen molar-refractivity contribution >= 4 is 11.8 Å². The molecule has 5 saturated carbocycles. The highest BCUT2D eigenvalue weighted by Gasteiger charge is 2.81. The fraction of sp³-hybridized carbons (Fsp3) is 0.840. The Hall–Kier alpha value is -1.12. The van der Waals surface area contributed by atoms with E-state index < -0.39 is 0 Å². The molecule has 0 bridgehead atoms. The molecule has 3 nitrogen and oxygen atoms in total. The first-order valence-corrected chi connectivity index (χ1v) is 11.8. The number of allylic oxidation sites excluding steroid dienone is 1. The van der Waals surface area contributed by atoms with E-state index in [1.54, 1.807) is 0 Å². The quantitative estimate of drug-likeness (QED) is 0.579. The first-order chi connectivity index (χ1) is 13.3. The van der Waals surface area contributed by atoms with Gasteiger partial charge in [-0.1, -0.05) is 26.3 Å². The lowest BCUT2D eigenvalue weighted by atomic mass is 9.45. The van der Waals surface area contributed by atoms with E-state index in [9.17, 15) is 9.59 Å². The van der Waals surface area contributed by atoms with Crippen molar-refractivity contribution in [3.8, 4) is 0 Å². The topological polar surface area (TPSA) is 43.4 Å². The molecule has 0 aromatic rings. The highest BCUT2D eigenvalue weighted by atomic mass is 16.6. The van der Waals surface area contributed by atoms with E-state index in [1.165, 1.54) is 24.8 Å². The molecule has 3 heteroatoms. The summed E-state index contributed by atoms with van der Waals surface area (Å²) in [5.74, 6) is 6.24. The molecule has 0 unspecified atom stereocenters. The second kappa shape index (κ2) is 4.62. The normalized spacial score (nSPS) is 62.9. The summed E-state index contributed by atoms with van der Waals surface area (Å²) in [4.78, 5) is 24.5. The molecule has 0 aromatic carbocycles. The summed E-state index contributed by atoms with van der Waals surface area (Å²) in [5, 5.41) is 0. The molecule has 0 amide bonds. The van der Waals surface area contributed by atoms with Gasteiger partial charge in [-0.25, -0.2) is 0 Å². The van der Waals surface area contributed by atoms with Crippen LogP contribution in [-0.2, 0) is 14.3 Å². The molecule has 7 aliphatic rings. The first kappa shape index (κ1) is 16.7. The Morgan fingerprint density at radius 1 is 1.04 bits per heavy atom. The molecule has 6 aliphatic carbocycles. The van der Waals surface area contributed by atoms with Crippen LogP contribution >= 0.6 is 0 Å². The largest absolute Gasteiger partial charge is 0.458 e. The highest BCUT2D eigenvalue weighted by molar-refractivity contribution is 5.92. The van der Waals surface area contributed by atoms with Crippen LogP contribution in [-0.4, -0.2) is 17.4 Å². The van der Waals surface area contributed by atoms with Crippen molar-refractivity contribution in [2.75, 3.05) is 0 Å². The predicted octanol–water partition coefficient (Wildman–Crippen LogP) is 4.55. The summed E-state index contributed by atoms with van der Waals surface area (Å²) in [5.41, 5.74) is 1.80. The van der Waals surface area contributed by atoms with Gasteiger partial charge in [0.25, 0.3) is 0 Å². The van der Waals surface area contributed by atoms with Gasteiger partial charge >= 0.3 is 5.97 Å². The fourth-order valence-electron chi connectivity index (χ4n) is 10.2. The van der Waals surface area contributed by atoms with Crippen LogP contribution in [0, 0.1) is 58.2 Å². The summed E-state index contributed by atoms with van der Waals surface area (Å²) in [6.45, 7) is 7.44. The molecule has 28 heavy (non-hydrogen) atoms. The minimum atomic E-state index is -0.141. The van der Waals surface area contributed by atoms with E-state index in [1.807, 2.05) is 0 Å². The average Bonchev–Trinajstić information content (AvgIpc) is 3.51. The summed E-state index contributed by atoms with van der Waals surface area (Å²) >= 11 is 0. The number of hydrogen-bond acceptors (Lipinski definition) is 3. The molecular weight excluding hydrogens is 348 g/mol. The minimum absolute atomic E-state index is 0.0546. The Kier molecular flexibility index (Phi) is 2.75. The van der Waals surface area contributed by atoms with Crippen LogP contribution < -0.4 is 0 Å². The van der Waals surface area contributed by atoms with Gasteiger partial charge in [-0.3, -0.25) is 9.59 Å². The standard InChI is InChI=1S/C25H32O3/c1-12-19-17-10-13(26)4-7-23(17,2)15-5-8-24(3)22(21(15)20(12)19)14-11-16(14)25(24)9-6-18(27)28-25/h10,12,14-16,19-22H,4-9,11H2,1-3H3/t12-,14+,15-,16-,19-,20-,21-,22-,23+,24-,25-/m0/s1. The van der Waals surface area contributed by atoms with Gasteiger partial charge < -0.3 is 4.74 Å². The van der Waals surface area contributed by atoms with Gasteiger partial charge in [0, 0.05) is 24.2 Å².